The SMILES string of the molecule is CCN(CC)C(=O)N(c1ccc(Cl)c(Cl)c1)S(C)(=O)=O. The molecule has 0 saturated heterocycles. The summed E-state index contributed by atoms with van der Waals surface area (Å²) in [6, 6.07) is 3.63. The number of halogens is 2. The number of nitrogens with zero attached hydrogens (tertiary/aromatic N) is 2. The molecule has 1 aromatic carbocycles. The van der Waals surface area contributed by atoms with Gasteiger partial charge >= 0.3 is 6.03 Å². The van der Waals surface area contributed by atoms with Gasteiger partial charge < -0.3 is 4.90 Å². The Kier molecular flexibility index (Phi) is 5.68. The van der Waals surface area contributed by atoms with Crippen LogP contribution in [0.5, 0.6) is 0 Å². The van der Waals surface area contributed by atoms with Crippen molar-refractivity contribution in [2.24, 2.45) is 0 Å². The number of carbonyl (C=O) groups is 1. The summed E-state index contributed by atoms with van der Waals surface area (Å²) in [7, 11) is -3.77. The minimum atomic E-state index is -3.77. The van der Waals surface area contributed by atoms with Crippen LogP contribution in [-0.2, 0) is 10.0 Å². The first kappa shape index (κ1) is 17.1. The normalized spacial score (nSPS) is 11.2. The van der Waals surface area contributed by atoms with Gasteiger partial charge in [0, 0.05) is 13.1 Å². The number of carbonyl (C=O) groups excluding carboxylic acids is 1. The summed E-state index contributed by atoms with van der Waals surface area (Å²) in [4.78, 5) is 13.8. The van der Waals surface area contributed by atoms with Crippen molar-refractivity contribution >= 4 is 44.9 Å². The Bertz CT molecular complexity index is 601. The molecule has 0 aliphatic rings. The molecule has 20 heavy (non-hydrogen) atoms. The maximum atomic E-state index is 12.3. The number of urea groups is 1. The maximum Gasteiger partial charge on any atom is 0.338 e. The molecule has 0 atom stereocenters. The predicted molar refractivity (Wildman–Crippen MR) is 82.1 cm³/mol. The minimum absolute atomic E-state index is 0.166. The zero-order chi connectivity index (χ0) is 15.5. The first-order valence-electron chi connectivity index (χ1n) is 5.96. The van der Waals surface area contributed by atoms with Crippen LogP contribution in [0.25, 0.3) is 0 Å². The lowest BCUT2D eigenvalue weighted by Crippen LogP contribution is -2.46. The number of sulfonamides is 1. The fourth-order valence-electron chi connectivity index (χ4n) is 1.68. The van der Waals surface area contributed by atoms with E-state index >= 15 is 0 Å². The summed E-state index contributed by atoms with van der Waals surface area (Å²) >= 11 is 11.7. The van der Waals surface area contributed by atoms with Gasteiger partial charge in [-0.15, -0.1) is 0 Å². The highest BCUT2D eigenvalue weighted by atomic mass is 35.5. The summed E-state index contributed by atoms with van der Waals surface area (Å²) < 4.78 is 24.5. The van der Waals surface area contributed by atoms with Gasteiger partial charge in [-0.1, -0.05) is 23.2 Å². The molecule has 2 amide bonds. The van der Waals surface area contributed by atoms with Crippen LogP contribution in [-0.4, -0.2) is 38.7 Å². The Morgan fingerprint density at radius 3 is 2.10 bits per heavy atom. The van der Waals surface area contributed by atoms with Crippen LogP contribution < -0.4 is 4.31 Å². The van der Waals surface area contributed by atoms with Gasteiger partial charge in [-0.05, 0) is 32.0 Å². The monoisotopic (exact) mass is 338 g/mol. The molecule has 0 aliphatic carbocycles. The molecule has 0 heterocycles. The van der Waals surface area contributed by atoms with Crippen LogP contribution in [0.1, 0.15) is 13.8 Å². The van der Waals surface area contributed by atoms with Gasteiger partial charge in [-0.3, -0.25) is 0 Å². The van der Waals surface area contributed by atoms with Crippen LogP contribution in [0.4, 0.5) is 10.5 Å². The van der Waals surface area contributed by atoms with Crippen LogP contribution in [0.3, 0.4) is 0 Å². The van der Waals surface area contributed by atoms with Crippen molar-refractivity contribution in [2.45, 2.75) is 13.8 Å². The average molecular weight is 339 g/mol. The van der Waals surface area contributed by atoms with Crippen molar-refractivity contribution in [3.8, 4) is 0 Å². The fraction of sp³-hybridized carbons (Fsp3) is 0.417. The largest absolute Gasteiger partial charge is 0.338 e. The van der Waals surface area contributed by atoms with Crippen LogP contribution in [0.15, 0.2) is 18.2 Å². The van der Waals surface area contributed by atoms with E-state index in [4.69, 9.17) is 23.2 Å². The minimum Gasteiger partial charge on any atom is -0.324 e. The molecule has 0 spiro atoms. The molecule has 1 aromatic rings. The second-order valence-electron chi connectivity index (χ2n) is 4.08. The standard InChI is InChI=1S/C12H16Cl2N2O3S/c1-4-15(5-2)12(17)16(20(3,18)19)9-6-7-10(13)11(14)8-9/h6-8H,4-5H2,1-3H3. The van der Waals surface area contributed by atoms with E-state index in [0.29, 0.717) is 18.1 Å². The lowest BCUT2D eigenvalue weighted by Gasteiger charge is -2.27. The number of benzene rings is 1. The van der Waals surface area contributed by atoms with E-state index in [1.165, 1.54) is 23.1 Å². The third kappa shape index (κ3) is 3.77. The average Bonchev–Trinajstić information content (AvgIpc) is 2.34. The molecule has 0 N–H and O–H groups in total. The van der Waals surface area contributed by atoms with Gasteiger partial charge in [0.05, 0.1) is 22.0 Å². The number of rotatable bonds is 4. The number of anilines is 1. The molecule has 112 valence electrons. The van der Waals surface area contributed by atoms with Crippen molar-refractivity contribution < 1.29 is 13.2 Å². The summed E-state index contributed by atoms with van der Waals surface area (Å²) in [5.41, 5.74) is 0.166. The van der Waals surface area contributed by atoms with E-state index in [-0.39, 0.29) is 10.7 Å². The zero-order valence-electron chi connectivity index (χ0n) is 11.4. The van der Waals surface area contributed by atoms with Crippen molar-refractivity contribution in [2.75, 3.05) is 23.7 Å². The molecule has 0 radical (unpaired) electrons. The first-order valence-corrected chi connectivity index (χ1v) is 8.57. The van der Waals surface area contributed by atoms with Gasteiger partial charge in [0.15, 0.2) is 0 Å². The second kappa shape index (κ2) is 6.65. The van der Waals surface area contributed by atoms with Crippen molar-refractivity contribution in [1.29, 1.82) is 0 Å². The number of amides is 2. The molecule has 0 aromatic heterocycles. The Balaban J connectivity index is 3.33. The van der Waals surface area contributed by atoms with Gasteiger partial charge in [-0.25, -0.2) is 13.2 Å². The Morgan fingerprint density at radius 1 is 1.15 bits per heavy atom. The molecule has 0 bridgehead atoms. The quantitative estimate of drug-likeness (QED) is 0.846. The fourth-order valence-corrected chi connectivity index (χ4v) is 2.87. The van der Waals surface area contributed by atoms with Crippen molar-refractivity contribution in [1.82, 2.24) is 4.90 Å². The smallest absolute Gasteiger partial charge is 0.324 e. The first-order chi connectivity index (χ1) is 9.22. The van der Waals surface area contributed by atoms with Crippen LogP contribution in [0.2, 0.25) is 10.0 Å². The third-order valence-corrected chi connectivity index (χ3v) is 4.45. The Labute approximate surface area is 129 Å². The maximum absolute atomic E-state index is 12.3. The molecule has 8 heteroatoms. The van der Waals surface area contributed by atoms with E-state index in [2.05, 4.69) is 0 Å². The van der Waals surface area contributed by atoms with Gasteiger partial charge in [0.2, 0.25) is 10.0 Å². The summed E-state index contributed by atoms with van der Waals surface area (Å²) in [6.45, 7) is 4.36. The summed E-state index contributed by atoms with van der Waals surface area (Å²) in [6.07, 6.45) is 0.969. The molecule has 0 fully saturated rings. The van der Waals surface area contributed by atoms with Gasteiger partial charge in [-0.2, -0.15) is 4.31 Å². The van der Waals surface area contributed by atoms with E-state index < -0.39 is 16.1 Å². The molecular formula is C12H16Cl2N2O3S. The van der Waals surface area contributed by atoms with Crippen LogP contribution in [0, 0.1) is 0 Å². The van der Waals surface area contributed by atoms with Gasteiger partial charge in [0.25, 0.3) is 0 Å². The predicted octanol–water partition coefficient (Wildman–Crippen LogP) is 3.22. The molecule has 1 rings (SSSR count). The Hall–Kier alpha value is -0.980. The lowest BCUT2D eigenvalue weighted by molar-refractivity contribution is 0.214. The van der Waals surface area contributed by atoms with E-state index in [9.17, 15) is 13.2 Å². The van der Waals surface area contributed by atoms with Gasteiger partial charge in [0.1, 0.15) is 0 Å². The molecule has 0 aliphatic heterocycles. The number of hydrogen-bond donors (Lipinski definition) is 0. The highest BCUT2D eigenvalue weighted by molar-refractivity contribution is 7.92. The highest BCUT2D eigenvalue weighted by Gasteiger charge is 2.28. The molecular weight excluding hydrogens is 323 g/mol. The third-order valence-electron chi connectivity index (χ3n) is 2.68. The van der Waals surface area contributed by atoms with Crippen LogP contribution >= 0.6 is 23.2 Å². The van der Waals surface area contributed by atoms with E-state index in [1.807, 2.05) is 0 Å². The summed E-state index contributed by atoms with van der Waals surface area (Å²) in [5.74, 6) is 0. The zero-order valence-corrected chi connectivity index (χ0v) is 13.8. The number of hydrogen-bond acceptors (Lipinski definition) is 3. The lowest BCUT2D eigenvalue weighted by atomic mass is 10.3. The van der Waals surface area contributed by atoms with E-state index in [0.717, 1.165) is 10.6 Å². The second-order valence-corrected chi connectivity index (χ2v) is 6.73. The highest BCUT2D eigenvalue weighted by Crippen LogP contribution is 2.29. The molecule has 0 saturated carbocycles. The van der Waals surface area contributed by atoms with Crippen molar-refractivity contribution in [3.63, 3.8) is 0 Å². The topological polar surface area (TPSA) is 57.7 Å². The summed E-state index contributed by atoms with van der Waals surface area (Å²) in [5, 5.41) is 0.476. The van der Waals surface area contributed by atoms with E-state index in [1.54, 1.807) is 13.8 Å². The Morgan fingerprint density at radius 2 is 1.70 bits per heavy atom. The van der Waals surface area contributed by atoms with Crippen molar-refractivity contribution in [3.05, 3.63) is 28.2 Å². The molecule has 5 nitrogen and oxygen atoms in total. The molecule has 0 unspecified atom stereocenters.